The number of carbonyl (C=O) groups excluding carboxylic acids is 1. The van der Waals surface area contributed by atoms with Gasteiger partial charge in [-0.15, -0.1) is 0 Å². The molecule has 178 valence electrons. The first kappa shape index (κ1) is 23.7. The second kappa shape index (κ2) is 9.44. The zero-order valence-electron chi connectivity index (χ0n) is 17.9. The van der Waals surface area contributed by atoms with Crippen LogP contribution in [-0.2, 0) is 21.0 Å². The van der Waals surface area contributed by atoms with Crippen molar-refractivity contribution in [2.75, 3.05) is 26.2 Å². The fourth-order valence-corrected chi connectivity index (χ4v) is 5.93. The molecule has 0 bridgehead atoms. The van der Waals surface area contributed by atoms with Gasteiger partial charge in [-0.2, -0.15) is 13.2 Å². The van der Waals surface area contributed by atoms with Gasteiger partial charge in [0.1, 0.15) is 0 Å². The van der Waals surface area contributed by atoms with Crippen LogP contribution in [0.2, 0.25) is 0 Å². The van der Waals surface area contributed by atoms with E-state index in [-0.39, 0.29) is 17.4 Å². The van der Waals surface area contributed by atoms with Crippen LogP contribution in [0.3, 0.4) is 0 Å². The fourth-order valence-electron chi connectivity index (χ4n) is 4.42. The Kier molecular flexibility index (Phi) is 6.78. The van der Waals surface area contributed by atoms with Crippen molar-refractivity contribution in [3.63, 3.8) is 0 Å². The average Bonchev–Trinajstić information content (AvgIpc) is 3.33. The van der Waals surface area contributed by atoms with Crippen molar-refractivity contribution in [3.05, 3.63) is 54.1 Å². The Morgan fingerprint density at radius 1 is 1.00 bits per heavy atom. The van der Waals surface area contributed by atoms with Crippen LogP contribution in [0.5, 0.6) is 0 Å². The maximum Gasteiger partial charge on any atom is 0.417 e. The first-order valence-electron chi connectivity index (χ1n) is 10.9. The molecule has 6 nitrogen and oxygen atoms in total. The summed E-state index contributed by atoms with van der Waals surface area (Å²) in [5, 5.41) is 3.15. The molecule has 0 radical (unpaired) electrons. The monoisotopic (exact) mass is 481 g/mol. The van der Waals surface area contributed by atoms with Gasteiger partial charge < -0.3 is 10.2 Å². The number of piperidine rings is 1. The van der Waals surface area contributed by atoms with Crippen molar-refractivity contribution in [3.8, 4) is 11.1 Å². The third-order valence-electron chi connectivity index (χ3n) is 6.22. The standard InChI is InChI=1S/C23H26F3N3O3S/c24-23(25,26)20-14-17(16-4-2-1-3-5-16)6-7-21(20)33(31,32)28-19-9-12-29(13-10-19)22(30)18-8-11-27-15-18/h1-7,14,18-19,27-28H,8-13,15H2/t18-/m0/s1. The van der Waals surface area contributed by atoms with Gasteiger partial charge in [0, 0.05) is 25.7 Å². The van der Waals surface area contributed by atoms with Crippen molar-refractivity contribution in [1.29, 1.82) is 0 Å². The summed E-state index contributed by atoms with van der Waals surface area (Å²) in [6, 6.07) is 11.2. The second-order valence-electron chi connectivity index (χ2n) is 8.49. The third kappa shape index (κ3) is 5.39. The highest BCUT2D eigenvalue weighted by molar-refractivity contribution is 7.89. The minimum Gasteiger partial charge on any atom is -0.342 e. The van der Waals surface area contributed by atoms with E-state index in [1.54, 1.807) is 35.2 Å². The number of alkyl halides is 3. The number of halogens is 3. The topological polar surface area (TPSA) is 78.5 Å². The van der Waals surface area contributed by atoms with E-state index < -0.39 is 32.7 Å². The molecule has 33 heavy (non-hydrogen) atoms. The Hall–Kier alpha value is -2.43. The van der Waals surface area contributed by atoms with Gasteiger partial charge in [0.25, 0.3) is 0 Å². The molecule has 2 saturated heterocycles. The molecule has 4 rings (SSSR count). The molecule has 0 aliphatic carbocycles. The lowest BCUT2D eigenvalue weighted by atomic mass is 10.0. The van der Waals surface area contributed by atoms with Crippen LogP contribution < -0.4 is 10.0 Å². The number of rotatable bonds is 5. The van der Waals surface area contributed by atoms with Gasteiger partial charge in [0.2, 0.25) is 15.9 Å². The molecule has 10 heteroatoms. The van der Waals surface area contributed by atoms with Crippen LogP contribution in [0.1, 0.15) is 24.8 Å². The highest BCUT2D eigenvalue weighted by atomic mass is 32.2. The largest absolute Gasteiger partial charge is 0.417 e. The molecule has 0 spiro atoms. The van der Waals surface area contributed by atoms with E-state index in [9.17, 15) is 26.4 Å². The highest BCUT2D eigenvalue weighted by Crippen LogP contribution is 2.37. The maximum atomic E-state index is 13.8. The first-order valence-corrected chi connectivity index (χ1v) is 12.4. The van der Waals surface area contributed by atoms with Gasteiger partial charge in [-0.05, 0) is 49.1 Å². The summed E-state index contributed by atoms with van der Waals surface area (Å²) in [5.74, 6) is -0.00659. The van der Waals surface area contributed by atoms with Crippen LogP contribution in [0.4, 0.5) is 13.2 Å². The molecule has 2 aliphatic rings. The number of hydrogen-bond acceptors (Lipinski definition) is 4. The Morgan fingerprint density at radius 3 is 2.30 bits per heavy atom. The van der Waals surface area contributed by atoms with Gasteiger partial charge >= 0.3 is 6.18 Å². The summed E-state index contributed by atoms with van der Waals surface area (Å²) in [6.45, 7) is 2.20. The minimum atomic E-state index is -4.83. The fraction of sp³-hybridized carbons (Fsp3) is 0.435. The molecule has 2 aromatic rings. The second-order valence-corrected chi connectivity index (χ2v) is 10.2. The highest BCUT2D eigenvalue weighted by Gasteiger charge is 2.39. The maximum absolute atomic E-state index is 13.8. The molecule has 2 fully saturated rings. The molecule has 2 aliphatic heterocycles. The van der Waals surface area contributed by atoms with Crippen LogP contribution in [0, 0.1) is 5.92 Å². The van der Waals surface area contributed by atoms with Crippen LogP contribution in [-0.4, -0.2) is 51.4 Å². The predicted octanol–water partition coefficient (Wildman–Crippen LogP) is 3.25. The molecule has 2 aromatic carbocycles. The molecular weight excluding hydrogens is 455 g/mol. The lowest BCUT2D eigenvalue weighted by Crippen LogP contribution is -2.48. The number of benzene rings is 2. The smallest absolute Gasteiger partial charge is 0.342 e. The van der Waals surface area contributed by atoms with E-state index in [4.69, 9.17) is 0 Å². The van der Waals surface area contributed by atoms with Gasteiger partial charge in [-0.25, -0.2) is 13.1 Å². The number of nitrogens with zero attached hydrogens (tertiary/aromatic N) is 1. The quantitative estimate of drug-likeness (QED) is 0.687. The van der Waals surface area contributed by atoms with Crippen molar-refractivity contribution >= 4 is 15.9 Å². The summed E-state index contributed by atoms with van der Waals surface area (Å²) in [7, 11) is -4.41. The number of carbonyl (C=O) groups is 1. The normalized spacial score (nSPS) is 20.2. The van der Waals surface area contributed by atoms with Gasteiger partial charge in [0.05, 0.1) is 16.4 Å². The van der Waals surface area contributed by atoms with Crippen molar-refractivity contribution in [2.45, 2.75) is 36.4 Å². The summed E-state index contributed by atoms with van der Waals surface area (Å²) < 4.78 is 69.7. The van der Waals surface area contributed by atoms with E-state index in [2.05, 4.69) is 10.0 Å². The first-order chi connectivity index (χ1) is 15.6. The molecule has 0 aromatic heterocycles. The van der Waals surface area contributed by atoms with Crippen molar-refractivity contribution in [1.82, 2.24) is 14.9 Å². The molecule has 2 heterocycles. The Balaban J connectivity index is 1.49. The van der Waals surface area contributed by atoms with Crippen LogP contribution in [0.25, 0.3) is 11.1 Å². The predicted molar refractivity (Wildman–Crippen MR) is 118 cm³/mol. The van der Waals surface area contributed by atoms with E-state index in [1.165, 1.54) is 6.07 Å². The molecule has 0 unspecified atom stereocenters. The number of amides is 1. The lowest BCUT2D eigenvalue weighted by Gasteiger charge is -2.33. The molecule has 0 saturated carbocycles. The van der Waals surface area contributed by atoms with Gasteiger partial charge in [-0.1, -0.05) is 36.4 Å². The molecular formula is C23H26F3N3O3S. The Labute approximate surface area is 191 Å². The zero-order chi connectivity index (χ0) is 23.6. The molecule has 1 amide bonds. The third-order valence-corrected chi connectivity index (χ3v) is 7.80. The summed E-state index contributed by atoms with van der Waals surface area (Å²) in [6.07, 6.45) is -3.34. The van der Waals surface area contributed by atoms with Gasteiger partial charge in [-0.3, -0.25) is 4.79 Å². The summed E-state index contributed by atoms with van der Waals surface area (Å²) in [4.78, 5) is 13.5. The molecule has 2 N–H and O–H groups in total. The van der Waals surface area contributed by atoms with E-state index in [1.807, 2.05) is 0 Å². The van der Waals surface area contributed by atoms with E-state index in [0.29, 0.717) is 38.0 Å². The van der Waals surface area contributed by atoms with Gasteiger partial charge in [0.15, 0.2) is 0 Å². The Morgan fingerprint density at radius 2 is 1.70 bits per heavy atom. The summed E-state index contributed by atoms with van der Waals surface area (Å²) in [5.41, 5.74) is -0.345. The lowest BCUT2D eigenvalue weighted by molar-refractivity contribution is -0.140. The van der Waals surface area contributed by atoms with Crippen molar-refractivity contribution < 1.29 is 26.4 Å². The zero-order valence-corrected chi connectivity index (χ0v) is 18.8. The minimum absolute atomic E-state index is 0.0529. The van der Waals surface area contributed by atoms with Crippen LogP contribution in [0.15, 0.2) is 53.4 Å². The number of sulfonamides is 1. The number of nitrogens with one attached hydrogen (secondary N) is 2. The SMILES string of the molecule is O=C([C@H]1CCNC1)N1CCC(NS(=O)(=O)c2ccc(-c3ccccc3)cc2C(F)(F)F)CC1. The van der Waals surface area contributed by atoms with E-state index >= 15 is 0 Å². The van der Waals surface area contributed by atoms with E-state index in [0.717, 1.165) is 25.1 Å². The van der Waals surface area contributed by atoms with Crippen molar-refractivity contribution in [2.24, 2.45) is 5.92 Å². The number of hydrogen-bond donors (Lipinski definition) is 2. The summed E-state index contributed by atoms with van der Waals surface area (Å²) >= 11 is 0. The van der Waals surface area contributed by atoms with Crippen LogP contribution >= 0.6 is 0 Å². The molecule has 1 atom stereocenters. The average molecular weight is 482 g/mol. The Bertz CT molecular complexity index is 1090. The number of likely N-dealkylation sites (tertiary alicyclic amines) is 1.